The second-order valence-electron chi connectivity index (χ2n) is 9.82. The van der Waals surface area contributed by atoms with E-state index in [1.165, 1.54) is 11.8 Å². The molecule has 3 aromatic rings. The number of aliphatic hydroxyl groups is 1. The van der Waals surface area contributed by atoms with Gasteiger partial charge in [-0.3, -0.25) is 24.1 Å². The predicted molar refractivity (Wildman–Crippen MR) is 154 cm³/mol. The van der Waals surface area contributed by atoms with Gasteiger partial charge in [0.05, 0.1) is 24.6 Å². The van der Waals surface area contributed by atoms with Gasteiger partial charge in [-0.15, -0.1) is 11.8 Å². The molecule has 0 spiro atoms. The van der Waals surface area contributed by atoms with E-state index < -0.39 is 54.3 Å². The Bertz CT molecular complexity index is 1370. The van der Waals surface area contributed by atoms with E-state index in [4.69, 9.17) is 11.5 Å². The van der Waals surface area contributed by atoms with Crippen molar-refractivity contribution < 1.29 is 24.3 Å². The number of nitrogens with one attached hydrogen (secondary N) is 2. The lowest BCUT2D eigenvalue weighted by molar-refractivity contribution is -0.128. The first-order chi connectivity index (χ1) is 19.2. The Kier molecular flexibility index (Phi) is 9.75. The maximum Gasteiger partial charge on any atom is 0.251 e. The van der Waals surface area contributed by atoms with Gasteiger partial charge in [-0.2, -0.15) is 0 Å². The summed E-state index contributed by atoms with van der Waals surface area (Å²) in [5.41, 5.74) is 12.1. The van der Waals surface area contributed by atoms with Crippen molar-refractivity contribution in [3.8, 4) is 0 Å². The molecule has 0 radical (unpaired) electrons. The molecule has 40 heavy (non-hydrogen) atoms. The van der Waals surface area contributed by atoms with Crippen LogP contribution in [0.4, 0.5) is 0 Å². The molecular formula is C29H33N5O5S. The second kappa shape index (κ2) is 13.4. The molecule has 2 unspecified atom stereocenters. The summed E-state index contributed by atoms with van der Waals surface area (Å²) in [5, 5.41) is 18.5. The highest BCUT2D eigenvalue weighted by Gasteiger charge is 2.34. The van der Waals surface area contributed by atoms with Crippen molar-refractivity contribution in [1.82, 2.24) is 15.5 Å². The van der Waals surface area contributed by atoms with Crippen LogP contribution < -0.4 is 22.1 Å². The number of benzene rings is 3. The zero-order chi connectivity index (χ0) is 28.6. The minimum Gasteiger partial charge on any atom is -0.390 e. The zero-order valence-corrected chi connectivity index (χ0v) is 22.7. The van der Waals surface area contributed by atoms with Crippen molar-refractivity contribution in [3.63, 3.8) is 0 Å². The number of β-amino-alcohol motifs (C(OH)–C–C–N with tert-alkyl or cyclic N) is 1. The van der Waals surface area contributed by atoms with Crippen LogP contribution in [0, 0.1) is 0 Å². The molecule has 11 heteroatoms. The van der Waals surface area contributed by atoms with Gasteiger partial charge in [0.1, 0.15) is 6.04 Å². The fraction of sp³-hybridized carbons (Fsp3) is 0.310. The molecule has 0 aromatic heterocycles. The monoisotopic (exact) mass is 563 g/mol. The lowest BCUT2D eigenvalue weighted by atomic mass is 9.99. The molecular weight excluding hydrogens is 530 g/mol. The average molecular weight is 564 g/mol. The normalized spacial score (nSPS) is 17.6. The van der Waals surface area contributed by atoms with E-state index >= 15 is 0 Å². The molecule has 1 aliphatic heterocycles. The molecule has 7 N–H and O–H groups in total. The summed E-state index contributed by atoms with van der Waals surface area (Å²) in [7, 11) is 0. The highest BCUT2D eigenvalue weighted by atomic mass is 32.2. The number of hydrogen-bond acceptors (Lipinski definition) is 7. The molecule has 1 aliphatic rings. The lowest BCUT2D eigenvalue weighted by Gasteiger charge is -2.30. The topological polar surface area (TPSA) is 168 Å². The van der Waals surface area contributed by atoms with Crippen LogP contribution >= 0.6 is 11.8 Å². The number of thioether (sulfide) groups is 1. The molecule has 0 bridgehead atoms. The number of carbonyl (C=O) groups is 4. The third-order valence-corrected chi connectivity index (χ3v) is 7.92. The number of amides is 4. The molecule has 4 atom stereocenters. The third kappa shape index (κ3) is 7.59. The van der Waals surface area contributed by atoms with Crippen LogP contribution in [-0.4, -0.2) is 76.0 Å². The van der Waals surface area contributed by atoms with Gasteiger partial charge < -0.3 is 27.2 Å². The highest BCUT2D eigenvalue weighted by Crippen LogP contribution is 2.22. The van der Waals surface area contributed by atoms with Crippen molar-refractivity contribution in [2.24, 2.45) is 11.5 Å². The van der Waals surface area contributed by atoms with Crippen LogP contribution in [0.1, 0.15) is 22.3 Å². The summed E-state index contributed by atoms with van der Waals surface area (Å²) >= 11 is 1.53. The minimum atomic E-state index is -1.26. The smallest absolute Gasteiger partial charge is 0.251 e. The molecule has 1 heterocycles. The van der Waals surface area contributed by atoms with Crippen molar-refractivity contribution in [1.29, 1.82) is 0 Å². The summed E-state index contributed by atoms with van der Waals surface area (Å²) in [6, 6.07) is 19.4. The number of carbonyl (C=O) groups excluding carboxylic acids is 4. The third-order valence-electron chi connectivity index (χ3n) is 6.85. The molecule has 3 aromatic carbocycles. The standard InChI is InChI=1S/C29H33N5O5S/c30-26(36)14-23(33-28(38)21-11-10-19-8-4-5-9-20(19)13-21)29(39)32-22(12-18-6-2-1-3-7-18)25(35)15-34-17-40-16-24(34)27(31)37/h1-11,13,22-25,35H,12,14-17H2,(H2,30,36)(H2,31,37)(H,32,39)(H,33,38)/t22?,23-,24-,25?/m0/s1. The largest absolute Gasteiger partial charge is 0.390 e. The number of nitrogens with zero attached hydrogens (tertiary/aromatic N) is 1. The van der Waals surface area contributed by atoms with Gasteiger partial charge in [-0.1, -0.05) is 60.7 Å². The predicted octanol–water partition coefficient (Wildman–Crippen LogP) is 0.762. The lowest BCUT2D eigenvalue weighted by Crippen LogP contribution is -2.56. The van der Waals surface area contributed by atoms with E-state index in [9.17, 15) is 24.3 Å². The van der Waals surface area contributed by atoms with Crippen LogP contribution in [0.5, 0.6) is 0 Å². The van der Waals surface area contributed by atoms with E-state index in [2.05, 4.69) is 10.6 Å². The molecule has 1 fully saturated rings. The van der Waals surface area contributed by atoms with Gasteiger partial charge in [0.2, 0.25) is 17.7 Å². The minimum absolute atomic E-state index is 0.0995. The number of fused-ring (bicyclic) bond motifs is 1. The second-order valence-corrected chi connectivity index (χ2v) is 10.8. The Labute approximate surface area is 236 Å². The zero-order valence-electron chi connectivity index (χ0n) is 21.9. The van der Waals surface area contributed by atoms with Gasteiger partial charge in [0.25, 0.3) is 5.91 Å². The van der Waals surface area contributed by atoms with E-state index in [1.807, 2.05) is 54.6 Å². The Morgan fingerprint density at radius 1 is 0.950 bits per heavy atom. The summed E-state index contributed by atoms with van der Waals surface area (Å²) in [6.07, 6.45) is -1.22. The van der Waals surface area contributed by atoms with Crippen molar-refractivity contribution in [2.75, 3.05) is 18.2 Å². The van der Waals surface area contributed by atoms with Crippen molar-refractivity contribution in [3.05, 3.63) is 83.9 Å². The van der Waals surface area contributed by atoms with Crippen LogP contribution in [0.15, 0.2) is 72.8 Å². The molecule has 4 amide bonds. The van der Waals surface area contributed by atoms with Gasteiger partial charge >= 0.3 is 0 Å². The maximum absolute atomic E-state index is 13.4. The molecule has 4 rings (SSSR count). The first-order valence-corrected chi connectivity index (χ1v) is 14.1. The molecule has 0 saturated carbocycles. The highest BCUT2D eigenvalue weighted by molar-refractivity contribution is 7.99. The summed E-state index contributed by atoms with van der Waals surface area (Å²) < 4.78 is 0. The molecule has 1 saturated heterocycles. The van der Waals surface area contributed by atoms with E-state index in [-0.39, 0.29) is 13.0 Å². The number of aliphatic hydroxyl groups excluding tert-OH is 1. The van der Waals surface area contributed by atoms with Crippen LogP contribution in [0.25, 0.3) is 10.8 Å². The quantitative estimate of drug-likeness (QED) is 0.217. The summed E-state index contributed by atoms with van der Waals surface area (Å²) in [4.78, 5) is 52.0. The van der Waals surface area contributed by atoms with Gasteiger partial charge in [0, 0.05) is 23.7 Å². The van der Waals surface area contributed by atoms with E-state index in [1.54, 1.807) is 23.1 Å². The first-order valence-electron chi connectivity index (χ1n) is 12.9. The number of hydrogen-bond donors (Lipinski definition) is 5. The Hall–Kier alpha value is -3.93. The van der Waals surface area contributed by atoms with Gasteiger partial charge in [0.15, 0.2) is 0 Å². The van der Waals surface area contributed by atoms with E-state index in [0.29, 0.717) is 17.2 Å². The Balaban J connectivity index is 1.51. The molecule has 10 nitrogen and oxygen atoms in total. The first kappa shape index (κ1) is 29.1. The summed E-state index contributed by atoms with van der Waals surface area (Å²) in [6.45, 7) is 0.0995. The van der Waals surface area contributed by atoms with E-state index in [0.717, 1.165) is 16.3 Å². The Morgan fingerprint density at radius 2 is 1.65 bits per heavy atom. The SMILES string of the molecule is NC(=O)C[C@H](NC(=O)c1ccc2ccccc2c1)C(=O)NC(Cc1ccccc1)C(O)CN1CSC[C@H]1C(N)=O. The van der Waals surface area contributed by atoms with Crippen LogP contribution in [-0.2, 0) is 20.8 Å². The number of nitrogens with two attached hydrogens (primary N) is 2. The molecule has 210 valence electrons. The van der Waals surface area contributed by atoms with Crippen molar-refractivity contribution in [2.45, 2.75) is 37.1 Å². The fourth-order valence-corrected chi connectivity index (χ4v) is 5.93. The fourth-order valence-electron chi connectivity index (χ4n) is 4.70. The van der Waals surface area contributed by atoms with Gasteiger partial charge in [-0.25, -0.2) is 0 Å². The van der Waals surface area contributed by atoms with Crippen molar-refractivity contribution >= 4 is 46.2 Å². The Morgan fingerprint density at radius 3 is 2.35 bits per heavy atom. The van der Waals surface area contributed by atoms with Crippen LogP contribution in [0.3, 0.4) is 0 Å². The summed E-state index contributed by atoms with van der Waals surface area (Å²) in [5.74, 6) is -1.39. The number of rotatable bonds is 12. The van der Waals surface area contributed by atoms with Gasteiger partial charge in [-0.05, 0) is 34.9 Å². The molecule has 0 aliphatic carbocycles. The maximum atomic E-state index is 13.4. The average Bonchev–Trinajstić information content (AvgIpc) is 3.40. The van der Waals surface area contributed by atoms with Crippen LogP contribution in [0.2, 0.25) is 0 Å². The number of primary amides is 2.